The summed E-state index contributed by atoms with van der Waals surface area (Å²) in [6.07, 6.45) is 8.19. The van der Waals surface area contributed by atoms with E-state index in [1.807, 2.05) is 7.05 Å². The zero-order valence-electron chi connectivity index (χ0n) is 11.7. The molecule has 2 fully saturated rings. The molecule has 3 nitrogen and oxygen atoms in total. The summed E-state index contributed by atoms with van der Waals surface area (Å²) < 4.78 is 0. The van der Waals surface area contributed by atoms with Gasteiger partial charge >= 0.3 is 0 Å². The predicted octanol–water partition coefficient (Wildman–Crippen LogP) is 2.59. The van der Waals surface area contributed by atoms with Crippen LogP contribution in [0.25, 0.3) is 0 Å². The van der Waals surface area contributed by atoms with Crippen molar-refractivity contribution in [3.8, 4) is 0 Å². The Kier molecular flexibility index (Phi) is 6.44. The molecule has 106 valence electrons. The van der Waals surface area contributed by atoms with E-state index >= 15 is 0 Å². The summed E-state index contributed by atoms with van der Waals surface area (Å²) in [7, 11) is 1.94. The molecule has 0 aromatic heterocycles. The second-order valence-electron chi connectivity index (χ2n) is 5.70. The van der Waals surface area contributed by atoms with Gasteiger partial charge in [0.25, 0.3) is 0 Å². The number of hydrogen-bond acceptors (Lipinski definition) is 2. The first-order valence-electron chi connectivity index (χ1n) is 7.19. The van der Waals surface area contributed by atoms with E-state index in [0.717, 1.165) is 18.9 Å². The van der Waals surface area contributed by atoms with E-state index < -0.39 is 0 Å². The lowest BCUT2D eigenvalue weighted by atomic mass is 9.85. The normalized spacial score (nSPS) is 30.8. The Hall–Kier alpha value is -0.280. The van der Waals surface area contributed by atoms with Crippen LogP contribution >= 0.6 is 12.4 Å². The molecule has 1 amide bonds. The lowest BCUT2D eigenvalue weighted by Crippen LogP contribution is -2.42. The molecule has 1 N–H and O–H groups in total. The third-order valence-corrected chi connectivity index (χ3v) is 4.45. The van der Waals surface area contributed by atoms with Crippen molar-refractivity contribution >= 4 is 18.3 Å². The molecule has 0 aromatic rings. The van der Waals surface area contributed by atoms with Gasteiger partial charge in [-0.15, -0.1) is 12.4 Å². The third kappa shape index (κ3) is 3.39. The van der Waals surface area contributed by atoms with Crippen molar-refractivity contribution < 1.29 is 4.79 Å². The van der Waals surface area contributed by atoms with Crippen LogP contribution in [0, 0.1) is 5.92 Å². The highest BCUT2D eigenvalue weighted by molar-refractivity contribution is 5.85. The van der Waals surface area contributed by atoms with E-state index in [4.69, 9.17) is 0 Å². The van der Waals surface area contributed by atoms with Crippen LogP contribution in [-0.4, -0.2) is 36.5 Å². The molecule has 2 aliphatic rings. The number of likely N-dealkylation sites (tertiary alicyclic amines) is 1. The molecular formula is C14H27ClN2O. The summed E-state index contributed by atoms with van der Waals surface area (Å²) in [5, 5.41) is 3.11. The van der Waals surface area contributed by atoms with Gasteiger partial charge in [-0.3, -0.25) is 4.79 Å². The molecule has 18 heavy (non-hydrogen) atoms. The van der Waals surface area contributed by atoms with Gasteiger partial charge in [0.1, 0.15) is 0 Å². The molecule has 1 heterocycles. The minimum Gasteiger partial charge on any atom is -0.337 e. The fourth-order valence-corrected chi connectivity index (χ4v) is 3.68. The Bertz CT molecular complexity index is 273. The predicted molar refractivity (Wildman–Crippen MR) is 77.1 cm³/mol. The Morgan fingerprint density at radius 1 is 1.33 bits per heavy atom. The van der Waals surface area contributed by atoms with Crippen LogP contribution in [0.4, 0.5) is 0 Å². The van der Waals surface area contributed by atoms with Gasteiger partial charge in [-0.05, 0) is 52.1 Å². The topological polar surface area (TPSA) is 32.3 Å². The zero-order chi connectivity index (χ0) is 12.3. The van der Waals surface area contributed by atoms with Crippen molar-refractivity contribution in [2.45, 2.75) is 64.0 Å². The number of hydrogen-bond donors (Lipinski definition) is 1. The summed E-state index contributed by atoms with van der Waals surface area (Å²) in [6, 6.07) is 1.05. The van der Waals surface area contributed by atoms with Gasteiger partial charge in [0.05, 0.1) is 0 Å². The number of rotatable bonds is 4. The smallest absolute Gasteiger partial charge is 0.223 e. The van der Waals surface area contributed by atoms with Gasteiger partial charge in [0, 0.05) is 18.5 Å². The summed E-state index contributed by atoms with van der Waals surface area (Å²) in [6.45, 7) is 3.18. The summed E-state index contributed by atoms with van der Waals surface area (Å²) in [5.74, 6) is 1.19. The Morgan fingerprint density at radius 2 is 2.06 bits per heavy atom. The Balaban J connectivity index is 0.00000162. The van der Waals surface area contributed by atoms with Crippen molar-refractivity contribution in [2.24, 2.45) is 5.92 Å². The van der Waals surface area contributed by atoms with Gasteiger partial charge in [0.15, 0.2) is 0 Å². The highest BCUT2D eigenvalue weighted by Crippen LogP contribution is 2.39. The molecule has 1 saturated carbocycles. The summed E-state index contributed by atoms with van der Waals surface area (Å²) >= 11 is 0. The van der Waals surface area contributed by atoms with Gasteiger partial charge < -0.3 is 10.2 Å². The number of nitrogens with zero attached hydrogens (tertiary/aromatic N) is 1. The van der Waals surface area contributed by atoms with Gasteiger partial charge in [-0.25, -0.2) is 0 Å². The molecule has 1 aliphatic heterocycles. The van der Waals surface area contributed by atoms with Crippen LogP contribution in [-0.2, 0) is 4.79 Å². The molecule has 4 heteroatoms. The van der Waals surface area contributed by atoms with E-state index in [0.29, 0.717) is 24.4 Å². The molecule has 2 rings (SSSR count). The molecule has 3 unspecified atom stereocenters. The van der Waals surface area contributed by atoms with E-state index in [2.05, 4.69) is 17.1 Å². The Labute approximate surface area is 117 Å². The standard InChI is InChI=1S/C14H26N2O.ClH/c1-11-10-12-6-3-4-7-13(12)16(11)14(17)8-5-9-15-2;/h11-13,15H,3-10H2,1-2H3;1H. The number of amides is 1. The van der Waals surface area contributed by atoms with E-state index in [1.165, 1.54) is 32.1 Å². The van der Waals surface area contributed by atoms with E-state index in [-0.39, 0.29) is 12.4 Å². The molecule has 0 aromatic carbocycles. The minimum atomic E-state index is 0. The fourth-order valence-electron chi connectivity index (χ4n) is 3.68. The molecular weight excluding hydrogens is 248 g/mol. The monoisotopic (exact) mass is 274 g/mol. The van der Waals surface area contributed by atoms with Crippen LogP contribution in [0.1, 0.15) is 51.9 Å². The summed E-state index contributed by atoms with van der Waals surface area (Å²) in [4.78, 5) is 14.5. The van der Waals surface area contributed by atoms with Gasteiger partial charge in [0.2, 0.25) is 5.91 Å². The van der Waals surface area contributed by atoms with Crippen molar-refractivity contribution in [1.82, 2.24) is 10.2 Å². The zero-order valence-corrected chi connectivity index (χ0v) is 12.5. The average molecular weight is 275 g/mol. The number of fused-ring (bicyclic) bond motifs is 1. The van der Waals surface area contributed by atoms with Crippen LogP contribution in [0.3, 0.4) is 0 Å². The van der Waals surface area contributed by atoms with Crippen molar-refractivity contribution in [3.63, 3.8) is 0 Å². The van der Waals surface area contributed by atoms with Crippen LogP contribution in [0.15, 0.2) is 0 Å². The first-order valence-corrected chi connectivity index (χ1v) is 7.19. The lowest BCUT2D eigenvalue weighted by Gasteiger charge is -2.33. The first-order chi connectivity index (χ1) is 8.24. The molecule has 0 radical (unpaired) electrons. The third-order valence-electron chi connectivity index (χ3n) is 4.45. The van der Waals surface area contributed by atoms with Crippen molar-refractivity contribution in [2.75, 3.05) is 13.6 Å². The molecule has 1 saturated heterocycles. The van der Waals surface area contributed by atoms with Gasteiger partial charge in [-0.2, -0.15) is 0 Å². The van der Waals surface area contributed by atoms with Crippen LogP contribution < -0.4 is 5.32 Å². The maximum absolute atomic E-state index is 12.3. The fraction of sp³-hybridized carbons (Fsp3) is 0.929. The maximum Gasteiger partial charge on any atom is 0.223 e. The maximum atomic E-state index is 12.3. The second kappa shape index (κ2) is 7.34. The molecule has 3 atom stereocenters. The minimum absolute atomic E-state index is 0. The average Bonchev–Trinajstić information content (AvgIpc) is 2.65. The van der Waals surface area contributed by atoms with Crippen molar-refractivity contribution in [1.29, 1.82) is 0 Å². The first kappa shape index (κ1) is 15.8. The van der Waals surface area contributed by atoms with E-state index in [9.17, 15) is 4.79 Å². The largest absolute Gasteiger partial charge is 0.337 e. The molecule has 1 aliphatic carbocycles. The molecule has 0 spiro atoms. The highest BCUT2D eigenvalue weighted by atomic mass is 35.5. The van der Waals surface area contributed by atoms with Crippen LogP contribution in [0.5, 0.6) is 0 Å². The lowest BCUT2D eigenvalue weighted by molar-refractivity contribution is -0.134. The number of carbonyl (C=O) groups excluding carboxylic acids is 1. The van der Waals surface area contributed by atoms with Crippen molar-refractivity contribution in [3.05, 3.63) is 0 Å². The molecule has 0 bridgehead atoms. The number of nitrogens with one attached hydrogen (secondary N) is 1. The number of carbonyl (C=O) groups is 1. The van der Waals surface area contributed by atoms with Gasteiger partial charge in [-0.1, -0.05) is 12.8 Å². The summed E-state index contributed by atoms with van der Waals surface area (Å²) in [5.41, 5.74) is 0. The second-order valence-corrected chi connectivity index (χ2v) is 5.70. The highest BCUT2D eigenvalue weighted by Gasteiger charge is 2.41. The Morgan fingerprint density at radius 3 is 2.78 bits per heavy atom. The SMILES string of the molecule is CNCCCC(=O)N1C(C)CC2CCCCC21.Cl. The van der Waals surface area contributed by atoms with E-state index in [1.54, 1.807) is 0 Å². The number of halogens is 1. The quantitative estimate of drug-likeness (QED) is 0.800. The van der Waals surface area contributed by atoms with Crippen LogP contribution in [0.2, 0.25) is 0 Å².